The molecule has 0 aromatic carbocycles. The topological polar surface area (TPSA) is 60.7 Å². The maximum absolute atomic E-state index is 10.7. The van der Waals surface area contributed by atoms with Crippen LogP contribution >= 0.6 is 0 Å². The van der Waals surface area contributed by atoms with Gasteiger partial charge in [-0.25, -0.2) is 0 Å². The smallest absolute Gasteiger partial charge is 0.0733 e. The van der Waals surface area contributed by atoms with Crippen molar-refractivity contribution in [2.45, 2.75) is 68.7 Å². The Bertz CT molecular complexity index is 296. The molecular formula is C13H22O3. The van der Waals surface area contributed by atoms with Crippen molar-refractivity contribution in [2.24, 2.45) is 11.8 Å². The fourth-order valence-corrected chi connectivity index (χ4v) is 5.08. The maximum atomic E-state index is 10.7. The van der Waals surface area contributed by atoms with Crippen LogP contribution in [0.25, 0.3) is 0 Å². The van der Waals surface area contributed by atoms with Crippen molar-refractivity contribution in [1.29, 1.82) is 0 Å². The highest BCUT2D eigenvalue weighted by molar-refractivity contribution is 5.18. The number of hydrogen-bond acceptors (Lipinski definition) is 3. The predicted octanol–water partition coefficient (Wildman–Crippen LogP) is 1.20. The molecule has 0 aliphatic heterocycles. The first-order valence-corrected chi connectivity index (χ1v) is 6.55. The van der Waals surface area contributed by atoms with Gasteiger partial charge in [-0.2, -0.15) is 0 Å². The Balaban J connectivity index is 1.96. The zero-order valence-corrected chi connectivity index (χ0v) is 9.95. The summed E-state index contributed by atoms with van der Waals surface area (Å²) in [6.07, 6.45) is 5.07. The molecule has 92 valence electrons. The van der Waals surface area contributed by atoms with Crippen molar-refractivity contribution in [3.63, 3.8) is 0 Å². The van der Waals surface area contributed by atoms with Crippen LogP contribution in [0.15, 0.2) is 0 Å². The Morgan fingerprint density at radius 1 is 1.00 bits per heavy atom. The molecule has 0 aromatic heterocycles. The van der Waals surface area contributed by atoms with Crippen molar-refractivity contribution >= 4 is 0 Å². The second kappa shape index (κ2) is 3.01. The van der Waals surface area contributed by atoms with Crippen molar-refractivity contribution in [1.82, 2.24) is 0 Å². The van der Waals surface area contributed by atoms with Crippen molar-refractivity contribution in [3.8, 4) is 0 Å². The van der Waals surface area contributed by atoms with Gasteiger partial charge in [-0.15, -0.1) is 0 Å². The second-order valence-corrected chi connectivity index (χ2v) is 6.65. The first-order valence-electron chi connectivity index (χ1n) is 6.55. The fraction of sp³-hybridized carbons (Fsp3) is 1.00. The minimum absolute atomic E-state index is 0.290. The van der Waals surface area contributed by atoms with Gasteiger partial charge >= 0.3 is 0 Å². The van der Waals surface area contributed by atoms with E-state index >= 15 is 0 Å². The highest BCUT2D eigenvalue weighted by Gasteiger charge is 2.66. The van der Waals surface area contributed by atoms with Crippen LogP contribution in [-0.4, -0.2) is 32.1 Å². The first kappa shape index (κ1) is 11.0. The van der Waals surface area contributed by atoms with Gasteiger partial charge in [0.2, 0.25) is 0 Å². The summed E-state index contributed by atoms with van der Waals surface area (Å²) in [6.45, 7) is 2.14. The molecule has 4 fully saturated rings. The SMILES string of the molecule is CCCC1C2CC3(O)CC(O)(C2)CC1(O)C3. The van der Waals surface area contributed by atoms with Crippen LogP contribution in [0.5, 0.6) is 0 Å². The average molecular weight is 226 g/mol. The molecule has 3 atom stereocenters. The van der Waals surface area contributed by atoms with Gasteiger partial charge in [0.15, 0.2) is 0 Å². The normalized spacial score (nSPS) is 59.2. The van der Waals surface area contributed by atoms with Crippen LogP contribution in [0, 0.1) is 11.8 Å². The Hall–Kier alpha value is -0.120. The molecule has 0 amide bonds. The molecular weight excluding hydrogens is 204 g/mol. The number of aliphatic hydroxyl groups is 3. The van der Waals surface area contributed by atoms with Crippen LogP contribution in [0.4, 0.5) is 0 Å². The predicted molar refractivity (Wildman–Crippen MR) is 59.8 cm³/mol. The molecule has 0 heterocycles. The van der Waals surface area contributed by atoms with E-state index in [9.17, 15) is 15.3 Å². The largest absolute Gasteiger partial charge is 0.390 e. The molecule has 3 nitrogen and oxygen atoms in total. The lowest BCUT2D eigenvalue weighted by atomic mass is 9.46. The molecule has 0 spiro atoms. The molecule has 4 bridgehead atoms. The Morgan fingerprint density at radius 3 is 2.00 bits per heavy atom. The zero-order chi connectivity index (χ0) is 11.6. The summed E-state index contributed by atoms with van der Waals surface area (Å²) in [6, 6.07) is 0. The third-order valence-corrected chi connectivity index (χ3v) is 5.07. The maximum Gasteiger partial charge on any atom is 0.0733 e. The van der Waals surface area contributed by atoms with Crippen LogP contribution < -0.4 is 0 Å². The van der Waals surface area contributed by atoms with Crippen LogP contribution in [0.2, 0.25) is 0 Å². The molecule has 3 heteroatoms. The molecule has 4 aliphatic carbocycles. The van der Waals surface area contributed by atoms with E-state index in [1.165, 1.54) is 0 Å². The summed E-state index contributed by atoms with van der Waals surface area (Å²) >= 11 is 0. The standard InChI is InChI=1S/C13H22O3/c1-2-3-10-9-4-11(14)6-12(15,5-9)8-13(10,16)7-11/h9-10,14-16H,2-8H2,1H3. The molecule has 0 saturated heterocycles. The quantitative estimate of drug-likeness (QED) is 0.663. The van der Waals surface area contributed by atoms with Gasteiger partial charge < -0.3 is 15.3 Å². The monoisotopic (exact) mass is 226 g/mol. The van der Waals surface area contributed by atoms with Gasteiger partial charge in [0.05, 0.1) is 16.8 Å². The lowest BCUT2D eigenvalue weighted by Gasteiger charge is -2.65. The Kier molecular flexibility index (Phi) is 2.07. The van der Waals surface area contributed by atoms with E-state index < -0.39 is 16.8 Å². The van der Waals surface area contributed by atoms with E-state index in [0.717, 1.165) is 25.7 Å². The average Bonchev–Trinajstić information content (AvgIpc) is 2.05. The van der Waals surface area contributed by atoms with Crippen LogP contribution in [0.3, 0.4) is 0 Å². The minimum Gasteiger partial charge on any atom is -0.390 e. The molecule has 4 rings (SSSR count). The molecule has 3 N–H and O–H groups in total. The van der Waals surface area contributed by atoms with E-state index in [-0.39, 0.29) is 0 Å². The van der Waals surface area contributed by atoms with Gasteiger partial charge in [0.25, 0.3) is 0 Å². The lowest BCUT2D eigenvalue weighted by molar-refractivity contribution is -0.280. The third kappa shape index (κ3) is 1.38. The highest BCUT2D eigenvalue weighted by Crippen LogP contribution is 2.62. The van der Waals surface area contributed by atoms with Gasteiger partial charge in [-0.3, -0.25) is 0 Å². The van der Waals surface area contributed by atoms with Gasteiger partial charge in [-0.1, -0.05) is 13.3 Å². The molecule has 4 saturated carbocycles. The molecule has 3 unspecified atom stereocenters. The van der Waals surface area contributed by atoms with Crippen LogP contribution in [-0.2, 0) is 0 Å². The number of hydrogen-bond donors (Lipinski definition) is 3. The fourth-order valence-electron chi connectivity index (χ4n) is 5.08. The zero-order valence-electron chi connectivity index (χ0n) is 9.95. The van der Waals surface area contributed by atoms with E-state index in [1.807, 2.05) is 0 Å². The van der Waals surface area contributed by atoms with E-state index in [2.05, 4.69) is 6.92 Å². The van der Waals surface area contributed by atoms with Crippen molar-refractivity contribution in [3.05, 3.63) is 0 Å². The summed E-state index contributed by atoms with van der Waals surface area (Å²) in [4.78, 5) is 0. The number of rotatable bonds is 2. The molecule has 4 aliphatic rings. The van der Waals surface area contributed by atoms with E-state index in [1.54, 1.807) is 0 Å². The summed E-state index contributed by atoms with van der Waals surface area (Å²) in [5.74, 6) is 0.606. The van der Waals surface area contributed by atoms with Crippen LogP contribution in [0.1, 0.15) is 51.9 Å². The van der Waals surface area contributed by atoms with E-state index in [4.69, 9.17) is 0 Å². The van der Waals surface area contributed by atoms with Crippen molar-refractivity contribution in [2.75, 3.05) is 0 Å². The Labute approximate surface area is 96.5 Å². The third-order valence-electron chi connectivity index (χ3n) is 5.07. The van der Waals surface area contributed by atoms with Gasteiger partial charge in [0, 0.05) is 19.3 Å². The van der Waals surface area contributed by atoms with E-state index in [0.29, 0.717) is 31.1 Å². The van der Waals surface area contributed by atoms with Crippen molar-refractivity contribution < 1.29 is 15.3 Å². The first-order chi connectivity index (χ1) is 7.38. The summed E-state index contributed by atoms with van der Waals surface area (Å²) in [7, 11) is 0. The minimum atomic E-state index is -0.807. The second-order valence-electron chi connectivity index (χ2n) is 6.65. The summed E-state index contributed by atoms with van der Waals surface area (Å²) in [5.41, 5.74) is -2.40. The Morgan fingerprint density at radius 2 is 1.56 bits per heavy atom. The summed E-state index contributed by atoms with van der Waals surface area (Å²) < 4.78 is 0. The summed E-state index contributed by atoms with van der Waals surface area (Å²) in [5, 5.41) is 31.5. The molecule has 0 radical (unpaired) electrons. The molecule has 0 aromatic rings. The highest BCUT2D eigenvalue weighted by atomic mass is 16.3. The lowest BCUT2D eigenvalue weighted by Crippen LogP contribution is -2.69. The van der Waals surface area contributed by atoms with Gasteiger partial charge in [0.1, 0.15) is 0 Å². The molecule has 16 heavy (non-hydrogen) atoms. The van der Waals surface area contributed by atoms with Gasteiger partial charge in [-0.05, 0) is 31.1 Å².